The molecule has 21 heavy (non-hydrogen) atoms. The van der Waals surface area contributed by atoms with Crippen molar-refractivity contribution in [1.82, 2.24) is 0 Å². The van der Waals surface area contributed by atoms with Crippen molar-refractivity contribution in [3.05, 3.63) is 58.6 Å². The Morgan fingerprint density at radius 2 is 1.95 bits per heavy atom. The molecular weight excluding hydrogens is 292 g/mol. The van der Waals surface area contributed by atoms with Gasteiger partial charge >= 0.3 is 5.97 Å². The Bertz CT molecular complexity index is 707. The highest BCUT2D eigenvalue weighted by Crippen LogP contribution is 2.32. The number of hydrogen-bond donors (Lipinski definition) is 2. The number of phenols is 1. The number of rotatable bonds is 4. The number of methoxy groups -OCH3 is 1. The van der Waals surface area contributed by atoms with Crippen molar-refractivity contribution >= 4 is 29.2 Å². The van der Waals surface area contributed by atoms with Crippen LogP contribution in [-0.2, 0) is 4.79 Å². The number of hydrogen-bond acceptors (Lipinski definition) is 3. The SMILES string of the molecule is COc1ccc(Cl)cc1/C(=C/c1ccccc1O)C(=O)O. The van der Waals surface area contributed by atoms with Gasteiger partial charge in [0.25, 0.3) is 0 Å². The first kappa shape index (κ1) is 14.9. The van der Waals surface area contributed by atoms with Gasteiger partial charge in [-0.25, -0.2) is 4.79 Å². The molecule has 2 aromatic carbocycles. The van der Waals surface area contributed by atoms with Crippen LogP contribution >= 0.6 is 11.6 Å². The minimum atomic E-state index is -1.14. The minimum Gasteiger partial charge on any atom is -0.507 e. The van der Waals surface area contributed by atoms with Gasteiger partial charge in [0.15, 0.2) is 0 Å². The third-order valence-electron chi connectivity index (χ3n) is 2.92. The zero-order valence-electron chi connectivity index (χ0n) is 11.2. The largest absolute Gasteiger partial charge is 0.507 e. The lowest BCUT2D eigenvalue weighted by molar-refractivity contribution is -0.130. The van der Waals surface area contributed by atoms with Crippen LogP contribution in [0.3, 0.4) is 0 Å². The van der Waals surface area contributed by atoms with Gasteiger partial charge in [-0.3, -0.25) is 0 Å². The summed E-state index contributed by atoms with van der Waals surface area (Å²) in [4.78, 5) is 11.5. The van der Waals surface area contributed by atoms with Crippen LogP contribution in [0.25, 0.3) is 11.6 Å². The van der Waals surface area contributed by atoms with Crippen molar-refractivity contribution in [2.24, 2.45) is 0 Å². The summed E-state index contributed by atoms with van der Waals surface area (Å²) < 4.78 is 5.17. The van der Waals surface area contributed by atoms with Gasteiger partial charge in [0.1, 0.15) is 11.5 Å². The zero-order chi connectivity index (χ0) is 15.4. The molecule has 2 rings (SSSR count). The monoisotopic (exact) mass is 304 g/mol. The summed E-state index contributed by atoms with van der Waals surface area (Å²) in [7, 11) is 1.45. The van der Waals surface area contributed by atoms with E-state index >= 15 is 0 Å². The van der Waals surface area contributed by atoms with E-state index in [1.54, 1.807) is 30.3 Å². The number of para-hydroxylation sites is 1. The number of carboxylic acid groups (broad SMARTS) is 1. The molecule has 0 saturated heterocycles. The number of carbonyl (C=O) groups is 1. The molecule has 0 fully saturated rings. The smallest absolute Gasteiger partial charge is 0.336 e. The van der Waals surface area contributed by atoms with Gasteiger partial charge in [-0.15, -0.1) is 0 Å². The van der Waals surface area contributed by atoms with Crippen LogP contribution in [0.4, 0.5) is 0 Å². The first-order valence-electron chi connectivity index (χ1n) is 6.10. The molecule has 0 atom stereocenters. The maximum atomic E-state index is 11.5. The molecule has 0 bridgehead atoms. The van der Waals surface area contributed by atoms with Crippen LogP contribution in [0.5, 0.6) is 11.5 Å². The maximum absolute atomic E-state index is 11.5. The summed E-state index contributed by atoms with van der Waals surface area (Å²) in [6, 6.07) is 11.2. The van der Waals surface area contributed by atoms with Crippen molar-refractivity contribution in [2.75, 3.05) is 7.11 Å². The molecule has 2 N–H and O–H groups in total. The predicted molar refractivity (Wildman–Crippen MR) is 81.6 cm³/mol. The Hall–Kier alpha value is -2.46. The number of halogens is 1. The predicted octanol–water partition coefficient (Wildman–Crippen LogP) is 3.68. The third-order valence-corrected chi connectivity index (χ3v) is 3.15. The van der Waals surface area contributed by atoms with Gasteiger partial charge < -0.3 is 14.9 Å². The van der Waals surface area contributed by atoms with E-state index in [9.17, 15) is 15.0 Å². The summed E-state index contributed by atoms with van der Waals surface area (Å²) in [5.41, 5.74) is 0.730. The van der Waals surface area contributed by atoms with Crippen molar-refractivity contribution in [1.29, 1.82) is 0 Å². The van der Waals surface area contributed by atoms with Crippen LogP contribution in [0, 0.1) is 0 Å². The van der Waals surface area contributed by atoms with Crippen molar-refractivity contribution in [2.45, 2.75) is 0 Å². The highest BCUT2D eigenvalue weighted by atomic mass is 35.5. The average molecular weight is 305 g/mol. The summed E-state index contributed by atoms with van der Waals surface area (Å²) in [6.07, 6.45) is 1.38. The molecule has 0 unspecified atom stereocenters. The molecule has 0 aromatic heterocycles. The maximum Gasteiger partial charge on any atom is 0.336 e. The van der Waals surface area contributed by atoms with Gasteiger partial charge in [-0.1, -0.05) is 29.8 Å². The zero-order valence-corrected chi connectivity index (χ0v) is 12.0. The minimum absolute atomic E-state index is 0.00255. The van der Waals surface area contributed by atoms with Crippen molar-refractivity contribution in [3.8, 4) is 11.5 Å². The highest BCUT2D eigenvalue weighted by molar-refractivity contribution is 6.31. The topological polar surface area (TPSA) is 66.8 Å². The molecule has 0 aliphatic rings. The van der Waals surface area contributed by atoms with Crippen LogP contribution in [0.1, 0.15) is 11.1 Å². The summed E-state index contributed by atoms with van der Waals surface area (Å²) in [6.45, 7) is 0. The van der Waals surface area contributed by atoms with E-state index in [1.807, 2.05) is 0 Å². The molecule has 0 radical (unpaired) electrons. The summed E-state index contributed by atoms with van der Waals surface area (Å²) in [5.74, 6) is -0.750. The Morgan fingerprint density at radius 1 is 1.24 bits per heavy atom. The fourth-order valence-electron chi connectivity index (χ4n) is 1.91. The Kier molecular flexibility index (Phi) is 4.50. The summed E-state index contributed by atoms with van der Waals surface area (Å²) in [5, 5.41) is 19.6. The number of ether oxygens (including phenoxy) is 1. The van der Waals surface area contributed by atoms with E-state index in [0.29, 0.717) is 21.9 Å². The van der Waals surface area contributed by atoms with Crippen molar-refractivity contribution in [3.63, 3.8) is 0 Å². The van der Waals surface area contributed by atoms with Gasteiger partial charge in [0.2, 0.25) is 0 Å². The summed E-state index contributed by atoms with van der Waals surface area (Å²) >= 11 is 5.93. The molecular formula is C16H13ClO4. The van der Waals surface area contributed by atoms with Gasteiger partial charge in [0, 0.05) is 16.1 Å². The van der Waals surface area contributed by atoms with E-state index in [4.69, 9.17) is 16.3 Å². The standard InChI is InChI=1S/C16H13ClO4/c1-21-15-7-6-11(17)9-12(15)13(16(19)20)8-10-4-2-3-5-14(10)18/h2-9,18H,1H3,(H,19,20)/b13-8-. The van der Waals surface area contributed by atoms with E-state index in [2.05, 4.69) is 0 Å². The lowest BCUT2D eigenvalue weighted by Crippen LogP contribution is -2.02. The van der Waals surface area contributed by atoms with Crippen LogP contribution < -0.4 is 4.74 Å². The second kappa shape index (κ2) is 6.33. The number of benzene rings is 2. The van der Waals surface area contributed by atoms with Crippen LogP contribution in [0.2, 0.25) is 5.02 Å². The second-order valence-electron chi connectivity index (χ2n) is 4.27. The quantitative estimate of drug-likeness (QED) is 0.668. The Labute approximate surface area is 126 Å². The molecule has 0 aliphatic carbocycles. The molecule has 0 spiro atoms. The lowest BCUT2D eigenvalue weighted by Gasteiger charge is -2.10. The molecule has 0 aliphatic heterocycles. The number of aromatic hydroxyl groups is 1. The number of phenolic OH excluding ortho intramolecular Hbond substituents is 1. The molecule has 0 heterocycles. The third kappa shape index (κ3) is 3.35. The fraction of sp³-hybridized carbons (Fsp3) is 0.0625. The molecule has 5 heteroatoms. The molecule has 0 amide bonds. The molecule has 2 aromatic rings. The molecule has 108 valence electrons. The van der Waals surface area contributed by atoms with Crippen LogP contribution in [-0.4, -0.2) is 23.3 Å². The molecule has 0 saturated carbocycles. The van der Waals surface area contributed by atoms with E-state index in [1.165, 1.54) is 25.3 Å². The van der Waals surface area contributed by atoms with E-state index in [-0.39, 0.29) is 11.3 Å². The number of aliphatic carboxylic acids is 1. The van der Waals surface area contributed by atoms with Crippen molar-refractivity contribution < 1.29 is 19.7 Å². The molecule has 4 nitrogen and oxygen atoms in total. The first-order valence-corrected chi connectivity index (χ1v) is 6.47. The van der Waals surface area contributed by atoms with Gasteiger partial charge in [-0.2, -0.15) is 0 Å². The highest BCUT2D eigenvalue weighted by Gasteiger charge is 2.16. The number of carboxylic acids is 1. The second-order valence-corrected chi connectivity index (χ2v) is 4.70. The fourth-order valence-corrected chi connectivity index (χ4v) is 2.08. The Morgan fingerprint density at radius 3 is 2.57 bits per heavy atom. The Balaban J connectivity index is 2.63. The van der Waals surface area contributed by atoms with Crippen LogP contribution in [0.15, 0.2) is 42.5 Å². The van der Waals surface area contributed by atoms with Gasteiger partial charge in [-0.05, 0) is 30.3 Å². The van der Waals surface area contributed by atoms with E-state index in [0.717, 1.165) is 0 Å². The van der Waals surface area contributed by atoms with E-state index < -0.39 is 5.97 Å². The average Bonchev–Trinajstić information content (AvgIpc) is 2.46. The normalized spacial score (nSPS) is 11.2. The van der Waals surface area contributed by atoms with Gasteiger partial charge in [0.05, 0.1) is 12.7 Å². The first-order chi connectivity index (χ1) is 10.0. The lowest BCUT2D eigenvalue weighted by atomic mass is 10.0.